The van der Waals surface area contributed by atoms with Crippen molar-refractivity contribution in [2.75, 3.05) is 0 Å². The van der Waals surface area contributed by atoms with Gasteiger partial charge in [-0.2, -0.15) is 0 Å². The van der Waals surface area contributed by atoms with E-state index in [9.17, 15) is 9.18 Å². The summed E-state index contributed by atoms with van der Waals surface area (Å²) in [5.74, 6) is -0.379. The number of halogens is 1. The fourth-order valence-electron chi connectivity index (χ4n) is 2.02. The number of rotatable bonds is 3. The van der Waals surface area contributed by atoms with Gasteiger partial charge >= 0.3 is 0 Å². The zero-order valence-corrected chi connectivity index (χ0v) is 12.0. The second-order valence-electron chi connectivity index (χ2n) is 5.01. The van der Waals surface area contributed by atoms with Crippen LogP contribution in [-0.2, 0) is 6.54 Å². The number of nitrogens with one attached hydrogen (secondary N) is 1. The van der Waals surface area contributed by atoms with Crippen molar-refractivity contribution in [1.29, 1.82) is 0 Å². The molecule has 3 heteroatoms. The van der Waals surface area contributed by atoms with Crippen molar-refractivity contribution in [3.05, 3.63) is 70.0 Å². The molecule has 0 spiro atoms. The highest BCUT2D eigenvalue weighted by Crippen LogP contribution is 2.13. The minimum atomic E-state index is -0.247. The van der Waals surface area contributed by atoms with E-state index in [-0.39, 0.29) is 11.7 Å². The summed E-state index contributed by atoms with van der Waals surface area (Å²) >= 11 is 0. The van der Waals surface area contributed by atoms with Gasteiger partial charge in [0.2, 0.25) is 0 Å². The molecule has 0 aliphatic rings. The van der Waals surface area contributed by atoms with Crippen LogP contribution in [0.1, 0.15) is 32.6 Å². The van der Waals surface area contributed by atoms with Gasteiger partial charge in [0.05, 0.1) is 0 Å². The summed E-state index contributed by atoms with van der Waals surface area (Å²) in [6.07, 6.45) is 0. The van der Waals surface area contributed by atoms with E-state index in [0.717, 1.165) is 16.7 Å². The standard InChI is InChI=1S/C17H18FNO/c1-11-5-4-6-15(13(11)3)17(20)19-10-14-8-7-12(2)16(18)9-14/h4-9H,10H2,1-3H3,(H,19,20). The molecule has 0 saturated carbocycles. The third kappa shape index (κ3) is 3.05. The van der Waals surface area contributed by atoms with E-state index in [4.69, 9.17) is 0 Å². The SMILES string of the molecule is Cc1ccc(CNC(=O)c2cccc(C)c2C)cc1F. The van der Waals surface area contributed by atoms with Crippen LogP contribution < -0.4 is 5.32 Å². The molecule has 104 valence electrons. The highest BCUT2D eigenvalue weighted by molar-refractivity contribution is 5.95. The number of carbonyl (C=O) groups excluding carboxylic acids is 1. The lowest BCUT2D eigenvalue weighted by molar-refractivity contribution is 0.0950. The highest BCUT2D eigenvalue weighted by atomic mass is 19.1. The van der Waals surface area contributed by atoms with E-state index in [2.05, 4.69) is 5.32 Å². The molecule has 1 amide bonds. The van der Waals surface area contributed by atoms with Crippen LogP contribution in [0.15, 0.2) is 36.4 Å². The van der Waals surface area contributed by atoms with Gasteiger partial charge in [-0.05, 0) is 55.2 Å². The minimum absolute atomic E-state index is 0.132. The molecule has 0 atom stereocenters. The molecule has 0 radical (unpaired) electrons. The topological polar surface area (TPSA) is 29.1 Å². The first-order chi connectivity index (χ1) is 9.49. The van der Waals surface area contributed by atoms with Crippen LogP contribution in [0.2, 0.25) is 0 Å². The first-order valence-electron chi connectivity index (χ1n) is 6.58. The normalized spacial score (nSPS) is 10.4. The largest absolute Gasteiger partial charge is 0.348 e. The Balaban J connectivity index is 2.08. The molecular weight excluding hydrogens is 253 g/mol. The van der Waals surface area contributed by atoms with E-state index < -0.39 is 0 Å². The first-order valence-corrected chi connectivity index (χ1v) is 6.58. The Morgan fingerprint density at radius 1 is 1.10 bits per heavy atom. The quantitative estimate of drug-likeness (QED) is 0.906. The van der Waals surface area contributed by atoms with Gasteiger partial charge in [-0.3, -0.25) is 4.79 Å². The molecule has 0 aliphatic heterocycles. The Morgan fingerprint density at radius 3 is 2.55 bits per heavy atom. The zero-order valence-electron chi connectivity index (χ0n) is 12.0. The van der Waals surface area contributed by atoms with Crippen LogP contribution in [0.3, 0.4) is 0 Å². The number of hydrogen-bond donors (Lipinski definition) is 1. The van der Waals surface area contributed by atoms with Crippen molar-refractivity contribution in [3.8, 4) is 0 Å². The van der Waals surface area contributed by atoms with Crippen molar-refractivity contribution in [1.82, 2.24) is 5.32 Å². The van der Waals surface area contributed by atoms with Crippen LogP contribution in [0.25, 0.3) is 0 Å². The Kier molecular flexibility index (Phi) is 4.18. The van der Waals surface area contributed by atoms with Crippen molar-refractivity contribution >= 4 is 5.91 Å². The van der Waals surface area contributed by atoms with Crippen LogP contribution in [0, 0.1) is 26.6 Å². The monoisotopic (exact) mass is 271 g/mol. The Hall–Kier alpha value is -2.16. The van der Waals surface area contributed by atoms with E-state index >= 15 is 0 Å². The predicted octanol–water partition coefficient (Wildman–Crippen LogP) is 3.68. The Morgan fingerprint density at radius 2 is 1.85 bits per heavy atom. The summed E-state index contributed by atoms with van der Waals surface area (Å²) in [5.41, 5.74) is 4.08. The molecule has 2 aromatic carbocycles. The van der Waals surface area contributed by atoms with E-state index in [1.54, 1.807) is 19.1 Å². The molecule has 2 aromatic rings. The van der Waals surface area contributed by atoms with Crippen molar-refractivity contribution in [2.45, 2.75) is 27.3 Å². The van der Waals surface area contributed by atoms with Gasteiger partial charge < -0.3 is 5.32 Å². The summed E-state index contributed by atoms with van der Waals surface area (Å²) in [7, 11) is 0. The maximum absolute atomic E-state index is 13.4. The van der Waals surface area contributed by atoms with Crippen LogP contribution in [0.5, 0.6) is 0 Å². The molecule has 0 saturated heterocycles. The maximum Gasteiger partial charge on any atom is 0.251 e. The Labute approximate surface area is 118 Å². The zero-order chi connectivity index (χ0) is 14.7. The lowest BCUT2D eigenvalue weighted by Gasteiger charge is -2.10. The summed E-state index contributed by atoms with van der Waals surface area (Å²) in [5, 5.41) is 2.82. The molecule has 0 heterocycles. The summed E-state index contributed by atoms with van der Waals surface area (Å²) in [6, 6.07) is 10.6. The minimum Gasteiger partial charge on any atom is -0.348 e. The van der Waals surface area contributed by atoms with Gasteiger partial charge in [0.15, 0.2) is 0 Å². The second-order valence-corrected chi connectivity index (χ2v) is 5.01. The molecule has 0 aromatic heterocycles. The average molecular weight is 271 g/mol. The van der Waals surface area contributed by atoms with Crippen LogP contribution in [-0.4, -0.2) is 5.91 Å². The number of carbonyl (C=O) groups is 1. The summed E-state index contributed by atoms with van der Waals surface area (Å²) in [4.78, 5) is 12.1. The van der Waals surface area contributed by atoms with Gasteiger partial charge in [-0.15, -0.1) is 0 Å². The maximum atomic E-state index is 13.4. The smallest absolute Gasteiger partial charge is 0.251 e. The van der Waals surface area contributed by atoms with Crippen LogP contribution >= 0.6 is 0 Å². The molecule has 0 unspecified atom stereocenters. The van der Waals surface area contributed by atoms with Gasteiger partial charge in [0.25, 0.3) is 5.91 Å². The lowest BCUT2D eigenvalue weighted by Crippen LogP contribution is -2.23. The van der Waals surface area contributed by atoms with E-state index in [1.165, 1.54) is 6.07 Å². The molecule has 2 rings (SSSR count). The molecule has 2 nitrogen and oxygen atoms in total. The third-order valence-corrected chi connectivity index (χ3v) is 3.54. The molecule has 0 aliphatic carbocycles. The molecular formula is C17H18FNO. The third-order valence-electron chi connectivity index (χ3n) is 3.54. The summed E-state index contributed by atoms with van der Waals surface area (Å²) in [6.45, 7) is 5.94. The van der Waals surface area contributed by atoms with Gasteiger partial charge in [-0.1, -0.05) is 24.3 Å². The number of aryl methyl sites for hydroxylation is 2. The first kappa shape index (κ1) is 14.3. The number of benzene rings is 2. The fourth-order valence-corrected chi connectivity index (χ4v) is 2.02. The number of hydrogen-bond acceptors (Lipinski definition) is 1. The van der Waals surface area contributed by atoms with E-state index in [1.807, 2.05) is 32.0 Å². The summed E-state index contributed by atoms with van der Waals surface area (Å²) < 4.78 is 13.4. The van der Waals surface area contributed by atoms with Crippen molar-refractivity contribution < 1.29 is 9.18 Å². The average Bonchev–Trinajstić information content (AvgIpc) is 2.43. The highest BCUT2D eigenvalue weighted by Gasteiger charge is 2.10. The van der Waals surface area contributed by atoms with Crippen molar-refractivity contribution in [2.24, 2.45) is 0 Å². The second kappa shape index (κ2) is 5.87. The molecule has 0 bridgehead atoms. The van der Waals surface area contributed by atoms with Gasteiger partial charge in [-0.25, -0.2) is 4.39 Å². The van der Waals surface area contributed by atoms with Gasteiger partial charge in [0, 0.05) is 12.1 Å². The fraction of sp³-hybridized carbons (Fsp3) is 0.235. The lowest BCUT2D eigenvalue weighted by atomic mass is 10.0. The van der Waals surface area contributed by atoms with E-state index in [0.29, 0.717) is 17.7 Å². The van der Waals surface area contributed by atoms with Gasteiger partial charge in [0.1, 0.15) is 5.82 Å². The van der Waals surface area contributed by atoms with Crippen molar-refractivity contribution in [3.63, 3.8) is 0 Å². The molecule has 20 heavy (non-hydrogen) atoms. The molecule has 1 N–H and O–H groups in total. The predicted molar refractivity (Wildman–Crippen MR) is 78.2 cm³/mol. The molecule has 0 fully saturated rings. The van der Waals surface area contributed by atoms with Crippen LogP contribution in [0.4, 0.5) is 4.39 Å². The Bertz CT molecular complexity index is 649. The number of amides is 1.